The summed E-state index contributed by atoms with van der Waals surface area (Å²) in [6.45, 7) is 0. The van der Waals surface area contributed by atoms with Gasteiger partial charge in [-0.25, -0.2) is 4.39 Å². The molecule has 1 aliphatic rings. The standard InChI is InChI=1S/C18H15FIN/c19-13-4-7-17-15(10-13)16(11-21-17)18(8-1-9-18)12-2-5-14(20)6-3-12/h2-7,10-11,21H,1,8-9H2. The molecule has 1 N–H and O–H groups in total. The molecule has 0 bridgehead atoms. The fourth-order valence-corrected chi connectivity index (χ4v) is 3.86. The summed E-state index contributed by atoms with van der Waals surface area (Å²) in [5.74, 6) is -0.166. The third-order valence-electron chi connectivity index (χ3n) is 4.76. The second kappa shape index (κ2) is 4.83. The average Bonchev–Trinajstić information content (AvgIpc) is 2.83. The quantitative estimate of drug-likeness (QED) is 0.565. The summed E-state index contributed by atoms with van der Waals surface area (Å²) in [5.41, 5.74) is 3.66. The van der Waals surface area contributed by atoms with Crippen LogP contribution in [0, 0.1) is 9.39 Å². The Balaban J connectivity index is 1.92. The molecule has 0 radical (unpaired) electrons. The smallest absolute Gasteiger partial charge is 0.123 e. The van der Waals surface area contributed by atoms with E-state index in [2.05, 4.69) is 58.0 Å². The van der Waals surface area contributed by atoms with Crippen LogP contribution < -0.4 is 0 Å². The van der Waals surface area contributed by atoms with Gasteiger partial charge in [-0.05, 0) is 76.9 Å². The van der Waals surface area contributed by atoms with Crippen LogP contribution in [0.2, 0.25) is 0 Å². The highest BCUT2D eigenvalue weighted by atomic mass is 127. The summed E-state index contributed by atoms with van der Waals surface area (Å²) in [6.07, 6.45) is 5.57. The van der Waals surface area contributed by atoms with Crippen LogP contribution in [0.4, 0.5) is 4.39 Å². The number of hydrogen-bond acceptors (Lipinski definition) is 0. The van der Waals surface area contributed by atoms with Gasteiger partial charge in [-0.1, -0.05) is 18.6 Å². The Hall–Kier alpha value is -1.36. The predicted molar refractivity (Wildman–Crippen MR) is 92.0 cm³/mol. The number of aromatic amines is 1. The van der Waals surface area contributed by atoms with Crippen molar-refractivity contribution in [3.05, 3.63) is 69.2 Å². The largest absolute Gasteiger partial charge is 0.361 e. The van der Waals surface area contributed by atoms with Crippen molar-refractivity contribution >= 4 is 33.5 Å². The van der Waals surface area contributed by atoms with E-state index >= 15 is 0 Å². The number of hydrogen-bond donors (Lipinski definition) is 1. The van der Waals surface area contributed by atoms with Crippen LogP contribution >= 0.6 is 22.6 Å². The van der Waals surface area contributed by atoms with E-state index in [0.717, 1.165) is 23.7 Å². The lowest BCUT2D eigenvalue weighted by molar-refractivity contribution is 0.304. The van der Waals surface area contributed by atoms with Gasteiger partial charge >= 0.3 is 0 Å². The maximum absolute atomic E-state index is 13.6. The summed E-state index contributed by atoms with van der Waals surface area (Å²) in [4.78, 5) is 3.30. The molecular formula is C18H15FIN. The van der Waals surface area contributed by atoms with Crippen molar-refractivity contribution < 1.29 is 4.39 Å². The number of rotatable bonds is 2. The van der Waals surface area contributed by atoms with Crippen molar-refractivity contribution in [1.82, 2.24) is 4.98 Å². The molecule has 0 atom stereocenters. The minimum absolute atomic E-state index is 0.0520. The van der Waals surface area contributed by atoms with Crippen molar-refractivity contribution in [2.75, 3.05) is 0 Å². The summed E-state index contributed by atoms with van der Waals surface area (Å²) in [6, 6.07) is 13.8. The van der Waals surface area contributed by atoms with Gasteiger partial charge in [0.1, 0.15) is 5.82 Å². The number of fused-ring (bicyclic) bond motifs is 1. The topological polar surface area (TPSA) is 15.8 Å². The molecule has 4 rings (SSSR count). The number of aromatic nitrogens is 1. The molecule has 2 aromatic carbocycles. The maximum atomic E-state index is 13.6. The molecule has 1 saturated carbocycles. The third-order valence-corrected chi connectivity index (χ3v) is 5.48. The highest BCUT2D eigenvalue weighted by Gasteiger charge is 2.41. The van der Waals surface area contributed by atoms with E-state index in [-0.39, 0.29) is 11.2 Å². The first-order chi connectivity index (χ1) is 10.2. The highest BCUT2D eigenvalue weighted by molar-refractivity contribution is 14.1. The maximum Gasteiger partial charge on any atom is 0.123 e. The Morgan fingerprint density at radius 2 is 1.81 bits per heavy atom. The zero-order chi connectivity index (χ0) is 14.4. The second-order valence-electron chi connectivity index (χ2n) is 5.83. The van der Waals surface area contributed by atoms with Crippen molar-refractivity contribution in [1.29, 1.82) is 0 Å². The van der Waals surface area contributed by atoms with Crippen LogP contribution in [0.5, 0.6) is 0 Å². The minimum atomic E-state index is -0.166. The van der Waals surface area contributed by atoms with E-state index in [1.165, 1.54) is 27.2 Å². The first kappa shape index (κ1) is 13.3. The Kier molecular flexibility index (Phi) is 3.06. The Morgan fingerprint density at radius 3 is 2.48 bits per heavy atom. The minimum Gasteiger partial charge on any atom is -0.361 e. The van der Waals surface area contributed by atoms with Gasteiger partial charge in [0.05, 0.1) is 0 Å². The predicted octanol–water partition coefficient (Wildman–Crippen LogP) is 5.38. The number of halogens is 2. The summed E-state index contributed by atoms with van der Waals surface area (Å²) in [7, 11) is 0. The third kappa shape index (κ3) is 2.01. The zero-order valence-corrected chi connectivity index (χ0v) is 13.7. The van der Waals surface area contributed by atoms with E-state index < -0.39 is 0 Å². The van der Waals surface area contributed by atoms with Gasteiger partial charge in [0, 0.05) is 26.1 Å². The van der Waals surface area contributed by atoms with Crippen LogP contribution in [-0.2, 0) is 5.41 Å². The molecule has 3 heteroatoms. The monoisotopic (exact) mass is 391 g/mol. The average molecular weight is 391 g/mol. The summed E-state index contributed by atoms with van der Waals surface area (Å²) in [5, 5.41) is 1.02. The summed E-state index contributed by atoms with van der Waals surface area (Å²) < 4.78 is 14.9. The van der Waals surface area contributed by atoms with Gasteiger partial charge in [0.15, 0.2) is 0 Å². The molecule has 3 aromatic rings. The molecule has 0 unspecified atom stereocenters. The molecule has 0 saturated heterocycles. The fraction of sp³-hybridized carbons (Fsp3) is 0.222. The Bertz CT molecular complexity index is 800. The lowest BCUT2D eigenvalue weighted by Gasteiger charge is -2.42. The van der Waals surface area contributed by atoms with Gasteiger partial charge in [-0.15, -0.1) is 0 Å². The SMILES string of the molecule is Fc1ccc2[nH]cc(C3(c4ccc(I)cc4)CCC3)c2c1. The lowest BCUT2D eigenvalue weighted by atomic mass is 9.60. The van der Waals surface area contributed by atoms with E-state index in [9.17, 15) is 4.39 Å². The molecule has 1 fully saturated rings. The Labute approximate surface area is 136 Å². The van der Waals surface area contributed by atoms with Crippen molar-refractivity contribution in [3.8, 4) is 0 Å². The van der Waals surface area contributed by atoms with E-state index in [4.69, 9.17) is 0 Å². The first-order valence-corrected chi connectivity index (χ1v) is 8.30. The van der Waals surface area contributed by atoms with E-state index in [1.54, 1.807) is 6.07 Å². The fourth-order valence-electron chi connectivity index (χ4n) is 3.50. The Morgan fingerprint density at radius 1 is 1.05 bits per heavy atom. The molecule has 1 aromatic heterocycles. The van der Waals surface area contributed by atoms with Crippen LogP contribution in [0.15, 0.2) is 48.7 Å². The summed E-state index contributed by atoms with van der Waals surface area (Å²) >= 11 is 2.33. The van der Waals surface area contributed by atoms with Crippen LogP contribution in [0.25, 0.3) is 10.9 Å². The van der Waals surface area contributed by atoms with Crippen LogP contribution in [0.1, 0.15) is 30.4 Å². The highest BCUT2D eigenvalue weighted by Crippen LogP contribution is 2.51. The van der Waals surface area contributed by atoms with Gasteiger partial charge in [-0.3, -0.25) is 0 Å². The number of nitrogens with one attached hydrogen (secondary N) is 1. The zero-order valence-electron chi connectivity index (χ0n) is 11.5. The number of H-pyrrole nitrogens is 1. The molecule has 106 valence electrons. The lowest BCUT2D eigenvalue weighted by Crippen LogP contribution is -2.35. The normalized spacial score (nSPS) is 16.9. The van der Waals surface area contributed by atoms with E-state index in [1.807, 2.05) is 6.07 Å². The molecule has 1 nitrogen and oxygen atoms in total. The number of benzene rings is 2. The van der Waals surface area contributed by atoms with Gasteiger partial charge in [-0.2, -0.15) is 0 Å². The van der Waals surface area contributed by atoms with Crippen molar-refractivity contribution in [3.63, 3.8) is 0 Å². The molecule has 0 aliphatic heterocycles. The van der Waals surface area contributed by atoms with Gasteiger partial charge in [0.25, 0.3) is 0 Å². The van der Waals surface area contributed by atoms with Gasteiger partial charge in [0.2, 0.25) is 0 Å². The van der Waals surface area contributed by atoms with Crippen LogP contribution in [0.3, 0.4) is 0 Å². The molecule has 21 heavy (non-hydrogen) atoms. The van der Waals surface area contributed by atoms with Crippen molar-refractivity contribution in [2.45, 2.75) is 24.7 Å². The molecule has 1 heterocycles. The molecule has 1 aliphatic carbocycles. The first-order valence-electron chi connectivity index (χ1n) is 7.22. The van der Waals surface area contributed by atoms with Crippen LogP contribution in [-0.4, -0.2) is 4.98 Å². The van der Waals surface area contributed by atoms with E-state index in [0.29, 0.717) is 0 Å². The molecule has 0 amide bonds. The van der Waals surface area contributed by atoms with Crippen molar-refractivity contribution in [2.24, 2.45) is 0 Å². The molecule has 0 spiro atoms. The van der Waals surface area contributed by atoms with Gasteiger partial charge < -0.3 is 4.98 Å². The second-order valence-corrected chi connectivity index (χ2v) is 7.08. The molecular weight excluding hydrogens is 376 g/mol.